The van der Waals surface area contributed by atoms with Crippen LogP contribution in [0.25, 0.3) is 11.1 Å². The lowest BCUT2D eigenvalue weighted by molar-refractivity contribution is -0.114. The normalized spacial score (nSPS) is 24.8. The maximum atomic E-state index is 12.2. The van der Waals surface area contributed by atoms with E-state index in [0.717, 1.165) is 57.2 Å². The molecule has 5 atom stereocenters. The van der Waals surface area contributed by atoms with Crippen molar-refractivity contribution in [3.63, 3.8) is 0 Å². The number of aliphatic hydroxyl groups excluding tert-OH is 1. The quantitative estimate of drug-likeness (QED) is 0.131. The second-order valence-corrected chi connectivity index (χ2v) is 18.5. The molecule has 322 valence electrons. The third kappa shape index (κ3) is 9.52. The van der Waals surface area contributed by atoms with Gasteiger partial charge < -0.3 is 24.7 Å². The number of ether oxygens (including phenoxy) is 1. The summed E-state index contributed by atoms with van der Waals surface area (Å²) in [5.41, 5.74) is 12.3. The number of likely N-dealkylation sites (N-methyl/N-ethyl adjacent to an activating group) is 1. The summed E-state index contributed by atoms with van der Waals surface area (Å²) < 4.78 is 5.87. The fourth-order valence-electron chi connectivity index (χ4n) is 11.2. The zero-order valence-electron chi connectivity index (χ0n) is 37.5. The molecule has 6 heteroatoms. The maximum Gasteiger partial charge on any atom is 0.156 e. The monoisotopic (exact) mass is 821 g/mol. The molecule has 0 aliphatic heterocycles. The lowest BCUT2D eigenvalue weighted by Crippen LogP contribution is -2.51. The first-order valence-corrected chi connectivity index (χ1v) is 22.8. The van der Waals surface area contributed by atoms with Crippen molar-refractivity contribution in [3.05, 3.63) is 154 Å². The third-order valence-electron chi connectivity index (χ3n) is 14.4. The minimum absolute atomic E-state index is 0.138. The fourth-order valence-corrected chi connectivity index (χ4v) is 11.2. The van der Waals surface area contributed by atoms with Gasteiger partial charge in [0.05, 0.1) is 5.60 Å². The molecule has 2 N–H and O–H groups in total. The summed E-state index contributed by atoms with van der Waals surface area (Å²) in [5, 5.41) is 21.4. The summed E-state index contributed by atoms with van der Waals surface area (Å²) in [5.74, 6) is 2.42. The van der Waals surface area contributed by atoms with Gasteiger partial charge in [-0.3, -0.25) is 4.79 Å². The number of hydrogen-bond donors (Lipinski definition) is 2. The number of rotatable bonds is 13. The Balaban J connectivity index is 0.000000187. The number of aliphatic hydroxyl groups is 2. The van der Waals surface area contributed by atoms with Crippen LogP contribution >= 0.6 is 0 Å². The molecule has 0 saturated heterocycles. The Bertz CT molecular complexity index is 2190. The van der Waals surface area contributed by atoms with Gasteiger partial charge in [0.2, 0.25) is 0 Å². The van der Waals surface area contributed by atoms with Crippen molar-refractivity contribution >= 4 is 22.6 Å². The standard InChI is InChI=1S/C29H39NO3.C26H29NO/c1-28-18-25(19-5-8-21(9-6-19)30(2)3)27-23-12-10-22(32)17-20(23)7-11-24(27)26(28)13-15-29(28,33)14-4-16-31;1-4-25(21-11-7-5-8-12-21)26(22-13-9-6-10-14-22)23-15-17-24(18-16-23)28-20-19-27(2)3/h5-6,8-9,17,24-26,31,33H,4,7,10-16,18H2,1-3H3;5-18H,4,19-20H2,1-3H3/b;26-25-/t24-,25+,26-,28+,29+;/m0./s1. The van der Waals surface area contributed by atoms with Gasteiger partial charge >= 0.3 is 0 Å². The van der Waals surface area contributed by atoms with E-state index in [-0.39, 0.29) is 23.7 Å². The second-order valence-electron chi connectivity index (χ2n) is 18.5. The van der Waals surface area contributed by atoms with Gasteiger partial charge in [-0.1, -0.05) is 104 Å². The highest BCUT2D eigenvalue weighted by Crippen LogP contribution is 2.67. The predicted molar refractivity (Wildman–Crippen MR) is 252 cm³/mol. The smallest absolute Gasteiger partial charge is 0.156 e. The van der Waals surface area contributed by atoms with E-state index in [1.165, 1.54) is 50.2 Å². The summed E-state index contributed by atoms with van der Waals surface area (Å²) in [6, 6.07) is 38.8. The molecule has 4 aliphatic carbocycles. The molecule has 0 spiro atoms. The lowest BCUT2D eigenvalue weighted by atomic mass is 9.51. The van der Waals surface area contributed by atoms with Crippen molar-refractivity contribution in [2.24, 2.45) is 17.3 Å². The van der Waals surface area contributed by atoms with E-state index in [4.69, 9.17) is 4.74 Å². The molecule has 61 heavy (non-hydrogen) atoms. The molecular weight excluding hydrogens is 753 g/mol. The molecule has 0 aromatic heterocycles. The Morgan fingerprint density at radius 2 is 1.46 bits per heavy atom. The van der Waals surface area contributed by atoms with Crippen molar-refractivity contribution in [1.82, 2.24) is 4.90 Å². The van der Waals surface area contributed by atoms with Gasteiger partial charge in [-0.25, -0.2) is 0 Å². The largest absolute Gasteiger partial charge is 0.492 e. The minimum atomic E-state index is -0.711. The molecule has 8 rings (SSSR count). The first kappa shape index (κ1) is 44.3. The highest BCUT2D eigenvalue weighted by Gasteiger charge is 2.62. The third-order valence-corrected chi connectivity index (χ3v) is 14.4. The van der Waals surface area contributed by atoms with Crippen molar-refractivity contribution in [2.75, 3.05) is 52.8 Å². The molecule has 0 bridgehead atoms. The van der Waals surface area contributed by atoms with E-state index >= 15 is 0 Å². The zero-order chi connectivity index (χ0) is 43.1. The van der Waals surface area contributed by atoms with Gasteiger partial charge in [-0.2, -0.15) is 0 Å². The topological polar surface area (TPSA) is 73.2 Å². The molecule has 6 nitrogen and oxygen atoms in total. The number of ketones is 1. The van der Waals surface area contributed by atoms with Crippen LogP contribution < -0.4 is 9.64 Å². The van der Waals surface area contributed by atoms with Gasteiger partial charge in [0.1, 0.15) is 12.4 Å². The number of carbonyl (C=O) groups is 1. The predicted octanol–water partition coefficient (Wildman–Crippen LogP) is 11.2. The van der Waals surface area contributed by atoms with Crippen LogP contribution in [0.2, 0.25) is 0 Å². The highest BCUT2D eigenvalue weighted by molar-refractivity contribution is 5.98. The van der Waals surface area contributed by atoms with Crippen molar-refractivity contribution < 1.29 is 19.7 Å². The fraction of sp³-hybridized carbons (Fsp3) is 0.436. The average Bonchev–Trinajstić information content (AvgIpc) is 3.54. The summed E-state index contributed by atoms with van der Waals surface area (Å²) >= 11 is 0. The highest BCUT2D eigenvalue weighted by atomic mass is 16.5. The second kappa shape index (κ2) is 19.5. The Labute approximate surface area is 365 Å². The number of benzene rings is 4. The minimum Gasteiger partial charge on any atom is -0.492 e. The van der Waals surface area contributed by atoms with E-state index in [0.29, 0.717) is 37.7 Å². The maximum absolute atomic E-state index is 12.2. The Morgan fingerprint density at radius 1 is 0.803 bits per heavy atom. The van der Waals surface area contributed by atoms with Crippen LogP contribution in [0.5, 0.6) is 5.75 Å². The molecule has 4 aliphatic rings. The molecule has 4 aromatic carbocycles. The Hall–Kier alpha value is -4.75. The van der Waals surface area contributed by atoms with Crippen molar-refractivity contribution in [3.8, 4) is 5.75 Å². The van der Waals surface area contributed by atoms with Crippen LogP contribution in [-0.2, 0) is 4.79 Å². The number of hydrogen-bond acceptors (Lipinski definition) is 6. The van der Waals surface area contributed by atoms with Gasteiger partial charge in [0.25, 0.3) is 0 Å². The van der Waals surface area contributed by atoms with E-state index in [2.05, 4.69) is 161 Å². The summed E-state index contributed by atoms with van der Waals surface area (Å²) in [6.07, 6.45) is 10.6. The van der Waals surface area contributed by atoms with Crippen molar-refractivity contribution in [1.29, 1.82) is 0 Å². The van der Waals surface area contributed by atoms with Crippen LogP contribution in [0.4, 0.5) is 5.69 Å². The molecule has 0 heterocycles. The summed E-state index contributed by atoms with van der Waals surface area (Å²) in [6.45, 7) is 6.30. The van der Waals surface area contributed by atoms with Gasteiger partial charge in [0.15, 0.2) is 5.78 Å². The van der Waals surface area contributed by atoms with E-state index < -0.39 is 5.60 Å². The van der Waals surface area contributed by atoms with E-state index in [9.17, 15) is 15.0 Å². The SMILES string of the molecule is CC/C(=C(\c1ccccc1)c1ccc(OCCN(C)C)cc1)c1ccccc1.CN(C)c1ccc([C@H]2C[C@]3(C)[C@@H](CC[C@]3(O)CCCO)[C@@H]3CCC4=CC(=O)CCC4=C32)cc1. The summed E-state index contributed by atoms with van der Waals surface area (Å²) in [4.78, 5) is 16.4. The number of fused-ring (bicyclic) bond motifs is 4. The molecule has 0 amide bonds. The number of anilines is 1. The Kier molecular flexibility index (Phi) is 14.2. The number of nitrogens with zero attached hydrogens (tertiary/aromatic N) is 2. The number of allylic oxidation sites excluding steroid dienone is 5. The van der Waals surface area contributed by atoms with Gasteiger partial charge in [0, 0.05) is 50.7 Å². The van der Waals surface area contributed by atoms with Crippen LogP contribution in [0, 0.1) is 17.3 Å². The van der Waals surface area contributed by atoms with E-state index in [1.54, 1.807) is 5.57 Å². The van der Waals surface area contributed by atoms with Crippen LogP contribution in [-0.4, -0.2) is 74.4 Å². The summed E-state index contributed by atoms with van der Waals surface area (Å²) in [7, 11) is 8.25. The van der Waals surface area contributed by atoms with Crippen LogP contribution in [0.3, 0.4) is 0 Å². The average molecular weight is 821 g/mol. The first-order chi connectivity index (χ1) is 29.5. The molecule has 0 radical (unpaired) electrons. The van der Waals surface area contributed by atoms with Crippen molar-refractivity contribution in [2.45, 2.75) is 89.6 Å². The van der Waals surface area contributed by atoms with Gasteiger partial charge in [-0.05, 0) is 159 Å². The lowest BCUT2D eigenvalue weighted by Gasteiger charge is -2.55. The Morgan fingerprint density at radius 3 is 2.08 bits per heavy atom. The molecule has 4 aromatic rings. The number of carbonyl (C=O) groups excluding carboxylic acids is 1. The molecule has 2 saturated carbocycles. The molecule has 2 fully saturated rings. The van der Waals surface area contributed by atoms with Crippen LogP contribution in [0.15, 0.2) is 132 Å². The van der Waals surface area contributed by atoms with E-state index in [1.807, 2.05) is 6.08 Å². The molecule has 0 unspecified atom stereocenters. The zero-order valence-corrected chi connectivity index (χ0v) is 37.5. The molecular formula is C55H68N2O4. The first-order valence-electron chi connectivity index (χ1n) is 22.8. The van der Waals surface area contributed by atoms with Gasteiger partial charge in [-0.15, -0.1) is 0 Å². The van der Waals surface area contributed by atoms with Crippen LogP contribution in [0.1, 0.15) is 106 Å².